The van der Waals surface area contributed by atoms with Crippen LogP contribution in [0.1, 0.15) is 32.8 Å². The summed E-state index contributed by atoms with van der Waals surface area (Å²) >= 11 is 0. The Bertz CT molecular complexity index is 584. The molecule has 0 N–H and O–H groups in total. The largest absolute Gasteiger partial charge is 0.497 e. The second kappa shape index (κ2) is 6.22. The summed E-state index contributed by atoms with van der Waals surface area (Å²) in [5.41, 5.74) is -0.421. The molecule has 0 aromatic heterocycles. The first-order valence-corrected chi connectivity index (χ1v) is 7.66. The van der Waals surface area contributed by atoms with Crippen LogP contribution in [0.25, 0.3) is 0 Å². The van der Waals surface area contributed by atoms with E-state index in [2.05, 4.69) is 0 Å². The first kappa shape index (κ1) is 17.3. The van der Waals surface area contributed by atoms with Crippen molar-refractivity contribution < 1.29 is 23.8 Å². The fourth-order valence-corrected chi connectivity index (χ4v) is 2.79. The summed E-state index contributed by atoms with van der Waals surface area (Å²) in [6.45, 7) is 5.45. The number of benzene rings is 1. The number of ether oxygens (including phenoxy) is 3. The fraction of sp³-hybridized carbons (Fsp3) is 0.556. The van der Waals surface area contributed by atoms with E-state index in [9.17, 15) is 9.59 Å². The van der Waals surface area contributed by atoms with Gasteiger partial charge in [0, 0.05) is 0 Å². The van der Waals surface area contributed by atoms with E-state index < -0.39 is 16.9 Å². The minimum Gasteiger partial charge on any atom is -0.497 e. The van der Waals surface area contributed by atoms with E-state index in [1.165, 1.54) is 7.11 Å². The molecule has 2 rings (SSSR count). The van der Waals surface area contributed by atoms with Crippen LogP contribution in [-0.2, 0) is 25.5 Å². The van der Waals surface area contributed by atoms with Crippen molar-refractivity contribution in [2.45, 2.75) is 39.2 Å². The van der Waals surface area contributed by atoms with E-state index in [1.807, 2.05) is 45.0 Å². The van der Waals surface area contributed by atoms with Crippen LogP contribution in [0.15, 0.2) is 24.3 Å². The average molecular weight is 320 g/mol. The maximum atomic E-state index is 12.3. The number of methoxy groups -OCH3 is 2. The molecule has 2 atom stereocenters. The van der Waals surface area contributed by atoms with Gasteiger partial charge >= 0.3 is 11.9 Å². The van der Waals surface area contributed by atoms with Crippen LogP contribution in [0.5, 0.6) is 5.75 Å². The predicted molar refractivity (Wildman–Crippen MR) is 85.1 cm³/mol. The fourth-order valence-electron chi connectivity index (χ4n) is 2.79. The quantitative estimate of drug-likeness (QED) is 0.781. The molecule has 1 saturated carbocycles. The molecular weight excluding hydrogens is 296 g/mol. The zero-order chi connectivity index (χ0) is 17.3. The van der Waals surface area contributed by atoms with Crippen molar-refractivity contribution in [3.05, 3.63) is 29.8 Å². The normalized spacial score (nSPS) is 23.1. The predicted octanol–water partition coefficient (Wildman–Crippen LogP) is 2.76. The first-order valence-electron chi connectivity index (χ1n) is 7.66. The highest BCUT2D eigenvalue weighted by atomic mass is 16.6. The lowest BCUT2D eigenvalue weighted by Crippen LogP contribution is -2.30. The van der Waals surface area contributed by atoms with Gasteiger partial charge in [-0.25, -0.2) is 0 Å². The van der Waals surface area contributed by atoms with E-state index >= 15 is 0 Å². The number of hydrogen-bond acceptors (Lipinski definition) is 5. The smallest absolute Gasteiger partial charge is 0.313 e. The minimum absolute atomic E-state index is 0.337. The highest BCUT2D eigenvalue weighted by Crippen LogP contribution is 2.56. The monoisotopic (exact) mass is 320 g/mol. The van der Waals surface area contributed by atoms with E-state index in [0.29, 0.717) is 12.8 Å². The molecule has 0 amide bonds. The summed E-state index contributed by atoms with van der Waals surface area (Å²) < 4.78 is 15.5. The molecule has 0 aliphatic heterocycles. The van der Waals surface area contributed by atoms with E-state index in [-0.39, 0.29) is 11.9 Å². The standard InChI is InChI=1S/C18H24O5/c1-17(2,3)23-15(19)14-11-18(14,16(20)22-5)10-12-6-8-13(21-4)9-7-12/h6-9,14H,10-11H2,1-5H3/t14-,18+/m1/s1. The summed E-state index contributed by atoms with van der Waals surface area (Å²) in [5, 5.41) is 0. The summed E-state index contributed by atoms with van der Waals surface area (Å²) in [6, 6.07) is 7.47. The van der Waals surface area contributed by atoms with Gasteiger partial charge in [0.15, 0.2) is 0 Å². The zero-order valence-corrected chi connectivity index (χ0v) is 14.3. The summed E-state index contributed by atoms with van der Waals surface area (Å²) in [5.74, 6) is -0.391. The van der Waals surface area contributed by atoms with Crippen LogP contribution in [0.3, 0.4) is 0 Å². The second-order valence-electron chi connectivity index (χ2n) is 6.96. The Morgan fingerprint density at radius 2 is 1.78 bits per heavy atom. The Labute approximate surface area is 136 Å². The lowest BCUT2D eigenvalue weighted by atomic mass is 9.93. The third-order valence-corrected chi connectivity index (χ3v) is 4.04. The molecule has 0 unspecified atom stereocenters. The summed E-state index contributed by atoms with van der Waals surface area (Å²) in [7, 11) is 2.95. The molecule has 1 aromatic carbocycles. The lowest BCUT2D eigenvalue weighted by Gasteiger charge is -2.21. The topological polar surface area (TPSA) is 61.8 Å². The van der Waals surface area contributed by atoms with Crippen molar-refractivity contribution in [3.8, 4) is 5.75 Å². The third kappa shape index (κ3) is 3.84. The lowest BCUT2D eigenvalue weighted by molar-refractivity contribution is -0.161. The Balaban J connectivity index is 2.15. The van der Waals surface area contributed by atoms with Gasteiger partial charge < -0.3 is 14.2 Å². The van der Waals surface area contributed by atoms with Gasteiger partial charge in [0.1, 0.15) is 11.4 Å². The van der Waals surface area contributed by atoms with Crippen LogP contribution in [-0.4, -0.2) is 31.8 Å². The van der Waals surface area contributed by atoms with Crippen molar-refractivity contribution in [3.63, 3.8) is 0 Å². The van der Waals surface area contributed by atoms with Gasteiger partial charge in [0.05, 0.1) is 25.6 Å². The van der Waals surface area contributed by atoms with E-state index in [4.69, 9.17) is 14.2 Å². The Morgan fingerprint density at radius 3 is 2.26 bits per heavy atom. The molecule has 1 fully saturated rings. The Morgan fingerprint density at radius 1 is 1.17 bits per heavy atom. The van der Waals surface area contributed by atoms with Crippen molar-refractivity contribution in [1.82, 2.24) is 0 Å². The van der Waals surface area contributed by atoms with Gasteiger partial charge in [-0.2, -0.15) is 0 Å². The number of rotatable bonds is 5. The minimum atomic E-state index is -0.814. The molecule has 1 aliphatic carbocycles. The van der Waals surface area contributed by atoms with Crippen LogP contribution in [0.4, 0.5) is 0 Å². The molecule has 1 aromatic rings. The molecule has 5 nitrogen and oxygen atoms in total. The van der Waals surface area contributed by atoms with Crippen LogP contribution in [0.2, 0.25) is 0 Å². The molecular formula is C18H24O5. The van der Waals surface area contributed by atoms with E-state index in [1.54, 1.807) is 7.11 Å². The van der Waals surface area contributed by atoms with Crippen molar-refractivity contribution in [2.24, 2.45) is 11.3 Å². The van der Waals surface area contributed by atoms with Crippen LogP contribution in [0, 0.1) is 11.3 Å². The molecule has 0 saturated heterocycles. The van der Waals surface area contributed by atoms with Crippen LogP contribution >= 0.6 is 0 Å². The second-order valence-corrected chi connectivity index (χ2v) is 6.96. The van der Waals surface area contributed by atoms with Gasteiger partial charge in [-0.3, -0.25) is 9.59 Å². The van der Waals surface area contributed by atoms with Gasteiger partial charge in [-0.1, -0.05) is 12.1 Å². The maximum Gasteiger partial charge on any atom is 0.313 e. The highest BCUT2D eigenvalue weighted by Gasteiger charge is 2.65. The molecule has 0 heterocycles. The average Bonchev–Trinajstić information content (AvgIpc) is 3.21. The molecule has 5 heteroatoms. The summed E-state index contributed by atoms with van der Waals surface area (Å²) in [6.07, 6.45) is 0.911. The molecule has 1 aliphatic rings. The third-order valence-electron chi connectivity index (χ3n) is 4.04. The molecule has 0 radical (unpaired) electrons. The molecule has 126 valence electrons. The SMILES string of the molecule is COC(=O)[C@@]1(Cc2ccc(OC)cc2)C[C@@H]1C(=O)OC(C)(C)C. The van der Waals surface area contributed by atoms with Crippen molar-refractivity contribution >= 4 is 11.9 Å². The van der Waals surface area contributed by atoms with E-state index in [0.717, 1.165) is 11.3 Å². The number of carbonyl (C=O) groups excluding carboxylic acids is 2. The number of carbonyl (C=O) groups is 2. The molecule has 0 bridgehead atoms. The van der Waals surface area contributed by atoms with Gasteiger partial charge in [0.25, 0.3) is 0 Å². The van der Waals surface area contributed by atoms with Crippen molar-refractivity contribution in [1.29, 1.82) is 0 Å². The maximum absolute atomic E-state index is 12.3. The number of hydrogen-bond donors (Lipinski definition) is 0. The van der Waals surface area contributed by atoms with Crippen molar-refractivity contribution in [2.75, 3.05) is 14.2 Å². The first-order chi connectivity index (χ1) is 10.7. The van der Waals surface area contributed by atoms with Gasteiger partial charge in [-0.15, -0.1) is 0 Å². The van der Waals surface area contributed by atoms with Gasteiger partial charge in [0.2, 0.25) is 0 Å². The van der Waals surface area contributed by atoms with Crippen LogP contribution < -0.4 is 4.74 Å². The molecule has 23 heavy (non-hydrogen) atoms. The summed E-state index contributed by atoms with van der Waals surface area (Å²) in [4.78, 5) is 24.5. The zero-order valence-electron chi connectivity index (χ0n) is 14.3. The Hall–Kier alpha value is -2.04. The Kier molecular flexibility index (Phi) is 4.68. The molecule has 0 spiro atoms. The number of esters is 2. The van der Waals surface area contributed by atoms with Gasteiger partial charge in [-0.05, 0) is 51.3 Å². The highest BCUT2D eigenvalue weighted by molar-refractivity contribution is 5.91.